The number of nitrogens with zero attached hydrogens (tertiary/aromatic N) is 2. The maximum atomic E-state index is 13.5. The maximum Gasteiger partial charge on any atom is 0.254 e. The zero-order valence-electron chi connectivity index (χ0n) is 19.8. The van der Waals surface area contributed by atoms with E-state index in [0.717, 1.165) is 11.3 Å². The van der Waals surface area contributed by atoms with E-state index in [4.69, 9.17) is 27.6 Å². The minimum Gasteiger partial charge on any atom is -0.464 e. The van der Waals surface area contributed by atoms with E-state index in [1.807, 2.05) is 63.2 Å². The molecule has 180 valence electrons. The standard InChI is InChI=1S/C27H30Cl2N2O3/c1-4-19(2)31(27(33)22-11-13-24(28)25(29)16-22)18-26(32)30(17-23-12-10-20(3)34-23)15-14-21-8-6-5-7-9-21/h5-13,16,19H,4,14-15,17-18H2,1-3H3/t19-/m1/s1. The molecule has 0 spiro atoms. The topological polar surface area (TPSA) is 53.8 Å². The number of amides is 2. The average molecular weight is 501 g/mol. The quantitative estimate of drug-likeness (QED) is 0.323. The summed E-state index contributed by atoms with van der Waals surface area (Å²) in [6.07, 6.45) is 1.41. The number of rotatable bonds is 10. The number of halogens is 2. The number of aryl methyl sites for hydroxylation is 1. The molecular weight excluding hydrogens is 471 g/mol. The molecule has 0 saturated carbocycles. The van der Waals surface area contributed by atoms with Gasteiger partial charge in [0.25, 0.3) is 5.91 Å². The molecular formula is C27H30Cl2N2O3. The molecule has 0 aliphatic rings. The Morgan fingerprint density at radius 1 is 1.00 bits per heavy atom. The van der Waals surface area contributed by atoms with Gasteiger partial charge in [-0.25, -0.2) is 0 Å². The van der Waals surface area contributed by atoms with Crippen LogP contribution in [0.1, 0.15) is 47.7 Å². The normalized spacial score (nSPS) is 11.8. The van der Waals surface area contributed by atoms with Crippen molar-refractivity contribution in [3.63, 3.8) is 0 Å². The van der Waals surface area contributed by atoms with Crippen LogP contribution in [0.4, 0.5) is 0 Å². The Bertz CT molecular complexity index is 1110. The minimum absolute atomic E-state index is 0.0391. The molecule has 0 unspecified atom stereocenters. The average Bonchev–Trinajstić information content (AvgIpc) is 3.26. The van der Waals surface area contributed by atoms with E-state index in [1.165, 1.54) is 0 Å². The molecule has 1 aromatic heterocycles. The number of carbonyl (C=O) groups excluding carboxylic acids is 2. The third kappa shape index (κ3) is 6.87. The van der Waals surface area contributed by atoms with Crippen molar-refractivity contribution in [2.75, 3.05) is 13.1 Å². The van der Waals surface area contributed by atoms with Crippen LogP contribution in [-0.2, 0) is 17.8 Å². The molecule has 0 aliphatic carbocycles. The van der Waals surface area contributed by atoms with Crippen LogP contribution in [0, 0.1) is 6.92 Å². The maximum absolute atomic E-state index is 13.5. The highest BCUT2D eigenvalue weighted by Gasteiger charge is 2.26. The lowest BCUT2D eigenvalue weighted by molar-refractivity contribution is -0.133. The zero-order chi connectivity index (χ0) is 24.7. The van der Waals surface area contributed by atoms with Crippen molar-refractivity contribution in [1.29, 1.82) is 0 Å². The lowest BCUT2D eigenvalue weighted by Crippen LogP contribution is -2.46. The lowest BCUT2D eigenvalue weighted by Gasteiger charge is -2.31. The SMILES string of the molecule is CC[C@@H](C)N(CC(=O)N(CCc1ccccc1)Cc1ccc(C)o1)C(=O)c1ccc(Cl)c(Cl)c1. The Labute approximate surface area is 211 Å². The summed E-state index contributed by atoms with van der Waals surface area (Å²) in [6.45, 7) is 6.62. The Morgan fingerprint density at radius 2 is 1.74 bits per heavy atom. The molecule has 0 aliphatic heterocycles. The highest BCUT2D eigenvalue weighted by molar-refractivity contribution is 6.42. The Balaban J connectivity index is 1.80. The zero-order valence-corrected chi connectivity index (χ0v) is 21.3. The molecule has 2 aromatic carbocycles. The van der Waals surface area contributed by atoms with Crippen LogP contribution in [0.25, 0.3) is 0 Å². The Kier molecular flexibility index (Phi) is 9.20. The van der Waals surface area contributed by atoms with E-state index in [-0.39, 0.29) is 24.4 Å². The fourth-order valence-corrected chi connectivity index (χ4v) is 3.95. The van der Waals surface area contributed by atoms with Gasteiger partial charge in [-0.15, -0.1) is 0 Å². The molecule has 0 bridgehead atoms. The monoisotopic (exact) mass is 500 g/mol. The molecule has 0 saturated heterocycles. The summed E-state index contributed by atoms with van der Waals surface area (Å²) in [5, 5.41) is 0.686. The fraction of sp³-hybridized carbons (Fsp3) is 0.333. The first-order valence-corrected chi connectivity index (χ1v) is 12.2. The van der Waals surface area contributed by atoms with Crippen molar-refractivity contribution in [3.8, 4) is 0 Å². The minimum atomic E-state index is -0.252. The van der Waals surface area contributed by atoms with E-state index < -0.39 is 0 Å². The van der Waals surface area contributed by atoms with Gasteiger partial charge in [-0.05, 0) is 62.6 Å². The molecule has 34 heavy (non-hydrogen) atoms. The van der Waals surface area contributed by atoms with Crippen molar-refractivity contribution in [1.82, 2.24) is 9.80 Å². The number of furan rings is 1. The van der Waals surface area contributed by atoms with Gasteiger partial charge in [0.1, 0.15) is 18.1 Å². The van der Waals surface area contributed by atoms with Crippen LogP contribution >= 0.6 is 23.2 Å². The van der Waals surface area contributed by atoms with E-state index in [1.54, 1.807) is 28.0 Å². The summed E-state index contributed by atoms with van der Waals surface area (Å²) in [6, 6.07) is 18.4. The Hall–Kier alpha value is -2.76. The second-order valence-electron chi connectivity index (χ2n) is 8.38. The van der Waals surface area contributed by atoms with E-state index in [9.17, 15) is 9.59 Å². The molecule has 0 N–H and O–H groups in total. The number of benzene rings is 2. The Morgan fingerprint density at radius 3 is 2.35 bits per heavy atom. The number of carbonyl (C=O) groups is 2. The van der Waals surface area contributed by atoms with Gasteiger partial charge in [-0.1, -0.05) is 60.5 Å². The van der Waals surface area contributed by atoms with Crippen LogP contribution in [0.2, 0.25) is 10.0 Å². The van der Waals surface area contributed by atoms with Crippen molar-refractivity contribution < 1.29 is 14.0 Å². The molecule has 0 fully saturated rings. The van der Waals surface area contributed by atoms with Gasteiger partial charge in [0.05, 0.1) is 16.6 Å². The van der Waals surface area contributed by atoms with Crippen molar-refractivity contribution >= 4 is 35.0 Å². The van der Waals surface area contributed by atoms with E-state index in [2.05, 4.69) is 0 Å². The van der Waals surface area contributed by atoms with Gasteiger partial charge >= 0.3 is 0 Å². The summed E-state index contributed by atoms with van der Waals surface area (Å²) < 4.78 is 5.73. The fourth-order valence-electron chi connectivity index (χ4n) is 3.65. The van der Waals surface area contributed by atoms with Gasteiger partial charge in [0.2, 0.25) is 5.91 Å². The van der Waals surface area contributed by atoms with Gasteiger partial charge < -0.3 is 14.2 Å². The highest BCUT2D eigenvalue weighted by atomic mass is 35.5. The largest absolute Gasteiger partial charge is 0.464 e. The van der Waals surface area contributed by atoms with Gasteiger partial charge in [-0.2, -0.15) is 0 Å². The van der Waals surface area contributed by atoms with Gasteiger partial charge in [0.15, 0.2) is 0 Å². The summed E-state index contributed by atoms with van der Waals surface area (Å²) in [7, 11) is 0. The lowest BCUT2D eigenvalue weighted by atomic mass is 10.1. The third-order valence-corrected chi connectivity index (χ3v) is 6.60. The second-order valence-corrected chi connectivity index (χ2v) is 9.20. The molecule has 1 heterocycles. The van der Waals surface area contributed by atoms with Crippen LogP contribution < -0.4 is 0 Å². The predicted molar refractivity (Wildman–Crippen MR) is 136 cm³/mol. The first-order chi connectivity index (χ1) is 16.3. The number of hydrogen-bond acceptors (Lipinski definition) is 3. The molecule has 1 atom stereocenters. The van der Waals surface area contributed by atoms with Crippen LogP contribution in [-0.4, -0.2) is 40.7 Å². The molecule has 3 aromatic rings. The molecule has 5 nitrogen and oxygen atoms in total. The summed E-state index contributed by atoms with van der Waals surface area (Å²) in [4.78, 5) is 30.2. The van der Waals surface area contributed by atoms with Crippen molar-refractivity contribution in [3.05, 3.63) is 93.4 Å². The highest BCUT2D eigenvalue weighted by Crippen LogP contribution is 2.24. The molecule has 3 rings (SSSR count). The van der Waals surface area contributed by atoms with Gasteiger partial charge in [0, 0.05) is 18.2 Å². The summed E-state index contributed by atoms with van der Waals surface area (Å²) >= 11 is 12.2. The van der Waals surface area contributed by atoms with Crippen LogP contribution in [0.15, 0.2) is 65.1 Å². The van der Waals surface area contributed by atoms with E-state index in [0.29, 0.717) is 47.3 Å². The predicted octanol–water partition coefficient (Wildman–Crippen LogP) is 6.41. The molecule has 0 radical (unpaired) electrons. The van der Waals surface area contributed by atoms with Gasteiger partial charge in [-0.3, -0.25) is 9.59 Å². The van der Waals surface area contributed by atoms with Crippen LogP contribution in [0.3, 0.4) is 0 Å². The van der Waals surface area contributed by atoms with Crippen molar-refractivity contribution in [2.45, 2.75) is 46.2 Å². The van der Waals surface area contributed by atoms with E-state index >= 15 is 0 Å². The van der Waals surface area contributed by atoms with Crippen molar-refractivity contribution in [2.24, 2.45) is 0 Å². The first-order valence-electron chi connectivity index (χ1n) is 11.4. The summed E-state index contributed by atoms with van der Waals surface area (Å²) in [5.74, 6) is 1.11. The first kappa shape index (κ1) is 25.9. The third-order valence-electron chi connectivity index (χ3n) is 5.86. The molecule has 7 heteroatoms. The van der Waals surface area contributed by atoms with Crippen LogP contribution in [0.5, 0.6) is 0 Å². The molecule has 2 amide bonds. The summed E-state index contributed by atoms with van der Waals surface area (Å²) in [5.41, 5.74) is 1.54. The smallest absolute Gasteiger partial charge is 0.254 e. The number of hydrogen-bond donors (Lipinski definition) is 0. The second kappa shape index (κ2) is 12.1.